The van der Waals surface area contributed by atoms with E-state index in [0.717, 1.165) is 11.3 Å². The number of H-pyrrole nitrogens is 1. The number of rotatable bonds is 3. The molecule has 1 aromatic carbocycles. The quantitative estimate of drug-likeness (QED) is 0.774. The van der Waals surface area contributed by atoms with Crippen LogP contribution in [-0.4, -0.2) is 21.3 Å². The van der Waals surface area contributed by atoms with Gasteiger partial charge in [-0.3, -0.25) is 15.2 Å². The number of hydrogen-bond acceptors (Lipinski definition) is 4. The van der Waals surface area contributed by atoms with Crippen LogP contribution in [0.2, 0.25) is 0 Å². The summed E-state index contributed by atoms with van der Waals surface area (Å²) in [5.41, 5.74) is 2.65. The lowest BCUT2D eigenvalue weighted by Crippen LogP contribution is -2.12. The standard InChI is InChI=1S/C17H18N4O2/c1-17(2,3)14-10-15(23-21-14)18-16(22)13-9-12(19-20-13)11-7-5-4-6-8-11/h4-10H,1-3H3,(H,18,22)(H,19,20). The molecule has 23 heavy (non-hydrogen) atoms. The molecule has 0 atom stereocenters. The van der Waals surface area contributed by atoms with Gasteiger partial charge in [0.15, 0.2) is 0 Å². The van der Waals surface area contributed by atoms with Crippen LogP contribution in [0.5, 0.6) is 0 Å². The van der Waals surface area contributed by atoms with Crippen molar-refractivity contribution in [1.29, 1.82) is 0 Å². The predicted octanol–water partition coefficient (Wildman–Crippen LogP) is 3.61. The van der Waals surface area contributed by atoms with Crippen LogP contribution in [0.3, 0.4) is 0 Å². The Morgan fingerprint density at radius 2 is 1.91 bits per heavy atom. The van der Waals surface area contributed by atoms with Gasteiger partial charge in [-0.2, -0.15) is 5.10 Å². The lowest BCUT2D eigenvalue weighted by Gasteiger charge is -2.12. The summed E-state index contributed by atoms with van der Waals surface area (Å²) < 4.78 is 5.16. The van der Waals surface area contributed by atoms with Crippen LogP contribution in [0.1, 0.15) is 37.0 Å². The Hall–Kier alpha value is -2.89. The van der Waals surface area contributed by atoms with Crippen LogP contribution in [0, 0.1) is 0 Å². The molecule has 0 radical (unpaired) electrons. The number of benzene rings is 1. The zero-order valence-corrected chi connectivity index (χ0v) is 13.3. The van der Waals surface area contributed by atoms with Crippen molar-refractivity contribution in [3.05, 3.63) is 53.9 Å². The normalized spacial score (nSPS) is 11.4. The van der Waals surface area contributed by atoms with Crippen LogP contribution in [0.15, 0.2) is 47.0 Å². The average molecular weight is 310 g/mol. The van der Waals surface area contributed by atoms with Crippen LogP contribution in [-0.2, 0) is 5.41 Å². The van der Waals surface area contributed by atoms with Gasteiger partial charge in [-0.15, -0.1) is 0 Å². The third-order valence-corrected chi connectivity index (χ3v) is 3.41. The van der Waals surface area contributed by atoms with Gasteiger partial charge in [0, 0.05) is 17.0 Å². The molecule has 2 N–H and O–H groups in total. The Balaban J connectivity index is 1.74. The van der Waals surface area contributed by atoms with E-state index in [4.69, 9.17) is 4.52 Å². The molecule has 0 saturated heterocycles. The van der Waals surface area contributed by atoms with E-state index in [0.29, 0.717) is 17.3 Å². The Morgan fingerprint density at radius 1 is 1.17 bits per heavy atom. The fraction of sp³-hybridized carbons (Fsp3) is 0.235. The minimum Gasteiger partial charge on any atom is -0.338 e. The number of anilines is 1. The molecule has 0 aliphatic carbocycles. The number of carbonyl (C=O) groups is 1. The van der Waals surface area contributed by atoms with E-state index >= 15 is 0 Å². The summed E-state index contributed by atoms with van der Waals surface area (Å²) in [7, 11) is 0. The number of aromatic amines is 1. The van der Waals surface area contributed by atoms with Crippen molar-refractivity contribution in [1.82, 2.24) is 15.4 Å². The van der Waals surface area contributed by atoms with Gasteiger partial charge in [-0.25, -0.2) is 0 Å². The maximum atomic E-state index is 12.2. The van der Waals surface area contributed by atoms with E-state index < -0.39 is 0 Å². The molecule has 118 valence electrons. The van der Waals surface area contributed by atoms with Crippen molar-refractivity contribution in [2.24, 2.45) is 0 Å². The van der Waals surface area contributed by atoms with Crippen LogP contribution >= 0.6 is 0 Å². The lowest BCUT2D eigenvalue weighted by atomic mass is 9.92. The predicted molar refractivity (Wildman–Crippen MR) is 87.2 cm³/mol. The second-order valence-corrected chi connectivity index (χ2v) is 6.31. The molecule has 0 unspecified atom stereocenters. The monoisotopic (exact) mass is 310 g/mol. The molecule has 0 spiro atoms. The first kappa shape index (κ1) is 15.0. The Labute approximate surface area is 133 Å². The van der Waals surface area contributed by atoms with Gasteiger partial charge in [0.1, 0.15) is 5.69 Å². The molecule has 0 saturated carbocycles. The minimum absolute atomic E-state index is 0.138. The third kappa shape index (κ3) is 3.31. The van der Waals surface area contributed by atoms with Crippen LogP contribution in [0.4, 0.5) is 5.88 Å². The van der Waals surface area contributed by atoms with Gasteiger partial charge in [0.25, 0.3) is 5.91 Å². The van der Waals surface area contributed by atoms with Gasteiger partial charge in [0.2, 0.25) is 5.88 Å². The molecule has 0 aliphatic heterocycles. The number of nitrogens with one attached hydrogen (secondary N) is 2. The van der Waals surface area contributed by atoms with E-state index in [1.54, 1.807) is 12.1 Å². The minimum atomic E-state index is -0.323. The van der Waals surface area contributed by atoms with Crippen molar-refractivity contribution in [2.75, 3.05) is 5.32 Å². The number of amides is 1. The highest BCUT2D eigenvalue weighted by Crippen LogP contribution is 2.24. The summed E-state index contributed by atoms with van der Waals surface area (Å²) in [5.74, 6) is -0.00734. The van der Waals surface area contributed by atoms with Crippen molar-refractivity contribution in [3.8, 4) is 11.3 Å². The first-order valence-corrected chi connectivity index (χ1v) is 7.33. The number of hydrogen-bond donors (Lipinski definition) is 2. The molecule has 6 heteroatoms. The van der Waals surface area contributed by atoms with Gasteiger partial charge in [0.05, 0.1) is 11.4 Å². The van der Waals surface area contributed by atoms with E-state index in [9.17, 15) is 4.79 Å². The molecule has 0 aliphatic rings. The van der Waals surface area contributed by atoms with E-state index in [2.05, 4.69) is 20.7 Å². The zero-order valence-electron chi connectivity index (χ0n) is 13.3. The number of nitrogens with zero attached hydrogens (tertiary/aromatic N) is 2. The van der Waals surface area contributed by atoms with Crippen molar-refractivity contribution >= 4 is 11.8 Å². The molecule has 2 heterocycles. The fourth-order valence-electron chi connectivity index (χ4n) is 2.06. The summed E-state index contributed by atoms with van der Waals surface area (Å²) in [5, 5.41) is 13.5. The molecule has 0 bridgehead atoms. The SMILES string of the molecule is CC(C)(C)c1cc(NC(=O)c2cc(-c3ccccc3)n[nH]2)on1. The molecule has 2 aromatic heterocycles. The van der Waals surface area contributed by atoms with Crippen molar-refractivity contribution < 1.29 is 9.32 Å². The van der Waals surface area contributed by atoms with Gasteiger partial charge < -0.3 is 4.52 Å². The van der Waals surface area contributed by atoms with Crippen LogP contribution < -0.4 is 5.32 Å². The van der Waals surface area contributed by atoms with E-state index in [1.807, 2.05) is 51.1 Å². The van der Waals surface area contributed by atoms with Gasteiger partial charge in [-0.05, 0) is 6.07 Å². The fourth-order valence-corrected chi connectivity index (χ4v) is 2.06. The van der Waals surface area contributed by atoms with Crippen molar-refractivity contribution in [2.45, 2.75) is 26.2 Å². The van der Waals surface area contributed by atoms with Crippen molar-refractivity contribution in [3.63, 3.8) is 0 Å². The Bertz CT molecular complexity index is 812. The van der Waals surface area contributed by atoms with E-state index in [1.165, 1.54) is 0 Å². The summed E-state index contributed by atoms with van der Waals surface area (Å²) in [6.07, 6.45) is 0. The first-order chi connectivity index (χ1) is 10.9. The van der Waals surface area contributed by atoms with Gasteiger partial charge in [-0.1, -0.05) is 56.3 Å². The highest BCUT2D eigenvalue weighted by molar-refractivity contribution is 6.02. The first-order valence-electron chi connectivity index (χ1n) is 7.33. The summed E-state index contributed by atoms with van der Waals surface area (Å²) in [4.78, 5) is 12.2. The molecule has 3 aromatic rings. The molecular weight excluding hydrogens is 292 g/mol. The van der Waals surface area contributed by atoms with Gasteiger partial charge >= 0.3 is 0 Å². The smallest absolute Gasteiger partial charge is 0.276 e. The number of carbonyl (C=O) groups excluding carboxylic acids is 1. The third-order valence-electron chi connectivity index (χ3n) is 3.41. The zero-order chi connectivity index (χ0) is 16.4. The maximum absolute atomic E-state index is 12.2. The Kier molecular flexibility index (Phi) is 3.73. The largest absolute Gasteiger partial charge is 0.338 e. The molecular formula is C17H18N4O2. The second kappa shape index (κ2) is 5.72. The lowest BCUT2D eigenvalue weighted by molar-refractivity contribution is 0.101. The molecule has 3 rings (SSSR count). The summed E-state index contributed by atoms with van der Waals surface area (Å²) in [6, 6.07) is 13.1. The second-order valence-electron chi connectivity index (χ2n) is 6.31. The number of aromatic nitrogens is 3. The molecule has 0 fully saturated rings. The highest BCUT2D eigenvalue weighted by Gasteiger charge is 2.20. The average Bonchev–Trinajstić information content (AvgIpc) is 3.16. The molecule has 6 nitrogen and oxygen atoms in total. The molecule has 1 amide bonds. The summed E-state index contributed by atoms with van der Waals surface area (Å²) in [6.45, 7) is 6.08. The topological polar surface area (TPSA) is 83.8 Å². The summed E-state index contributed by atoms with van der Waals surface area (Å²) >= 11 is 0. The Morgan fingerprint density at radius 3 is 2.57 bits per heavy atom. The van der Waals surface area contributed by atoms with Crippen LogP contribution in [0.25, 0.3) is 11.3 Å². The van der Waals surface area contributed by atoms with E-state index in [-0.39, 0.29) is 11.3 Å². The highest BCUT2D eigenvalue weighted by atomic mass is 16.5. The maximum Gasteiger partial charge on any atom is 0.276 e.